The van der Waals surface area contributed by atoms with Crippen LogP contribution in [0.1, 0.15) is 26.7 Å². The van der Waals surface area contributed by atoms with E-state index < -0.39 is 0 Å². The number of rotatable bonds is 2. The summed E-state index contributed by atoms with van der Waals surface area (Å²) in [6.45, 7) is 9.57. The molecule has 4 rings (SSSR count). The van der Waals surface area contributed by atoms with Crippen LogP contribution in [0.2, 0.25) is 0 Å². The molecule has 1 saturated heterocycles. The van der Waals surface area contributed by atoms with E-state index in [-0.39, 0.29) is 5.41 Å². The van der Waals surface area contributed by atoms with Crippen molar-refractivity contribution in [3.8, 4) is 0 Å². The summed E-state index contributed by atoms with van der Waals surface area (Å²) in [7, 11) is 0. The first-order chi connectivity index (χ1) is 12.0. The van der Waals surface area contributed by atoms with Crippen LogP contribution in [-0.4, -0.2) is 46.3 Å². The number of aromatic nitrogens is 4. The van der Waals surface area contributed by atoms with Gasteiger partial charge in [0, 0.05) is 37.0 Å². The molecule has 0 N–H and O–H groups in total. The molecule has 0 radical (unpaired) electrons. The van der Waals surface area contributed by atoms with E-state index in [0.29, 0.717) is 11.9 Å². The molecule has 0 bridgehead atoms. The highest BCUT2D eigenvalue weighted by Gasteiger charge is 2.26. The largest absolute Gasteiger partial charge is 0.407 e. The molecule has 0 spiro atoms. The Morgan fingerprint density at radius 3 is 2.36 bits per heavy atom. The fraction of sp³-hybridized carbons (Fsp3) is 0.444. The number of para-hydroxylation sites is 1. The lowest BCUT2D eigenvalue weighted by atomic mass is 9.97. The average Bonchev–Trinajstić information content (AvgIpc) is 3.12. The molecule has 0 aliphatic carbocycles. The van der Waals surface area contributed by atoms with Crippen molar-refractivity contribution >= 4 is 22.7 Å². The Balaban J connectivity index is 1.50. The van der Waals surface area contributed by atoms with E-state index in [2.05, 4.69) is 56.8 Å². The Hall–Kier alpha value is -2.70. The summed E-state index contributed by atoms with van der Waals surface area (Å²) in [6.07, 6.45) is 1.64. The molecule has 1 aliphatic rings. The van der Waals surface area contributed by atoms with Gasteiger partial charge in [0.15, 0.2) is 0 Å². The summed E-state index contributed by atoms with van der Waals surface area (Å²) in [5.41, 5.74) is 0.842. The molecular formula is C18H22N6O. The van der Waals surface area contributed by atoms with E-state index >= 15 is 0 Å². The van der Waals surface area contributed by atoms with Crippen molar-refractivity contribution in [2.24, 2.45) is 0 Å². The zero-order chi connectivity index (χ0) is 17.4. The van der Waals surface area contributed by atoms with Crippen molar-refractivity contribution in [2.45, 2.75) is 26.2 Å². The molecule has 1 aliphatic heterocycles. The number of piperazine rings is 1. The summed E-state index contributed by atoms with van der Waals surface area (Å²) in [6, 6.07) is 8.72. The summed E-state index contributed by atoms with van der Waals surface area (Å²) in [4.78, 5) is 13.3. The second kappa shape index (κ2) is 5.98. The third-order valence-corrected chi connectivity index (χ3v) is 4.43. The minimum atomic E-state index is -0.132. The molecule has 7 heteroatoms. The van der Waals surface area contributed by atoms with E-state index in [9.17, 15) is 0 Å². The maximum atomic E-state index is 5.86. The topological polar surface area (TPSA) is 71.2 Å². The second-order valence-electron chi connectivity index (χ2n) is 7.33. The normalized spacial score (nSPS) is 15.8. The number of anilines is 2. The first-order valence-corrected chi connectivity index (χ1v) is 8.56. The molecule has 7 nitrogen and oxygen atoms in total. The van der Waals surface area contributed by atoms with Crippen molar-refractivity contribution in [1.82, 2.24) is 20.2 Å². The number of hydrogen-bond acceptors (Lipinski definition) is 7. The fourth-order valence-electron chi connectivity index (χ4n) is 3.00. The van der Waals surface area contributed by atoms with Crippen LogP contribution in [0.5, 0.6) is 0 Å². The predicted molar refractivity (Wildman–Crippen MR) is 97.0 cm³/mol. The first kappa shape index (κ1) is 15.8. The smallest absolute Gasteiger partial charge is 0.318 e. The number of nitrogens with zero attached hydrogens (tertiary/aromatic N) is 6. The summed E-state index contributed by atoms with van der Waals surface area (Å²) in [5, 5.41) is 9.50. The molecule has 3 aromatic rings. The molecule has 0 saturated carbocycles. The van der Waals surface area contributed by atoms with Gasteiger partial charge in [-0.1, -0.05) is 38.0 Å². The lowest BCUT2D eigenvalue weighted by Gasteiger charge is -2.34. The van der Waals surface area contributed by atoms with E-state index in [1.807, 2.05) is 18.2 Å². The Labute approximate surface area is 146 Å². The molecule has 0 amide bonds. The van der Waals surface area contributed by atoms with E-state index in [0.717, 1.165) is 42.9 Å². The van der Waals surface area contributed by atoms with Crippen molar-refractivity contribution in [3.63, 3.8) is 0 Å². The number of fused-ring (bicyclic) bond motifs is 1. The predicted octanol–water partition coefficient (Wildman–Crippen LogP) is 2.64. The van der Waals surface area contributed by atoms with E-state index in [1.54, 1.807) is 6.33 Å². The zero-order valence-electron chi connectivity index (χ0n) is 14.8. The lowest BCUT2D eigenvalue weighted by Crippen LogP contribution is -2.47. The summed E-state index contributed by atoms with van der Waals surface area (Å²) >= 11 is 0. The Morgan fingerprint density at radius 2 is 1.64 bits per heavy atom. The van der Waals surface area contributed by atoms with E-state index in [4.69, 9.17) is 4.42 Å². The van der Waals surface area contributed by atoms with Gasteiger partial charge < -0.3 is 14.2 Å². The SMILES string of the molecule is CC(C)(C)c1nnc(N2CCN(c3ncnc4ccccc34)CC2)o1. The highest BCUT2D eigenvalue weighted by molar-refractivity contribution is 5.89. The van der Waals surface area contributed by atoms with Gasteiger partial charge in [0.05, 0.1) is 5.52 Å². The van der Waals surface area contributed by atoms with Crippen molar-refractivity contribution < 1.29 is 4.42 Å². The van der Waals surface area contributed by atoms with Gasteiger partial charge >= 0.3 is 6.01 Å². The van der Waals surface area contributed by atoms with E-state index in [1.165, 1.54) is 0 Å². The van der Waals surface area contributed by atoms with Gasteiger partial charge in [0.2, 0.25) is 5.89 Å². The van der Waals surface area contributed by atoms with Crippen LogP contribution in [0.15, 0.2) is 35.0 Å². The monoisotopic (exact) mass is 338 g/mol. The average molecular weight is 338 g/mol. The van der Waals surface area contributed by atoms with Gasteiger partial charge in [-0.05, 0) is 12.1 Å². The maximum Gasteiger partial charge on any atom is 0.318 e. The van der Waals surface area contributed by atoms with Crippen molar-refractivity contribution in [3.05, 3.63) is 36.5 Å². The first-order valence-electron chi connectivity index (χ1n) is 8.56. The quantitative estimate of drug-likeness (QED) is 0.711. The number of hydrogen-bond donors (Lipinski definition) is 0. The maximum absolute atomic E-state index is 5.86. The van der Waals surface area contributed by atoms with Gasteiger partial charge in [-0.3, -0.25) is 0 Å². The Morgan fingerprint density at radius 1 is 0.920 bits per heavy atom. The van der Waals surface area contributed by atoms with Crippen LogP contribution in [0.3, 0.4) is 0 Å². The summed E-state index contributed by atoms with van der Waals surface area (Å²) < 4.78 is 5.86. The van der Waals surface area contributed by atoms with Gasteiger partial charge in [0.25, 0.3) is 0 Å². The zero-order valence-corrected chi connectivity index (χ0v) is 14.8. The van der Waals surface area contributed by atoms with Crippen molar-refractivity contribution in [2.75, 3.05) is 36.0 Å². The van der Waals surface area contributed by atoms with Crippen molar-refractivity contribution in [1.29, 1.82) is 0 Å². The Kier molecular flexibility index (Phi) is 3.78. The second-order valence-corrected chi connectivity index (χ2v) is 7.33. The Bertz CT molecular complexity index is 871. The fourth-order valence-corrected chi connectivity index (χ4v) is 3.00. The molecule has 1 fully saturated rings. The van der Waals surface area contributed by atoms with Gasteiger partial charge in [-0.15, -0.1) is 5.10 Å². The van der Waals surface area contributed by atoms with Crippen LogP contribution in [-0.2, 0) is 5.41 Å². The molecule has 25 heavy (non-hydrogen) atoms. The molecule has 1 aromatic carbocycles. The van der Waals surface area contributed by atoms with Gasteiger partial charge in [-0.2, -0.15) is 0 Å². The van der Waals surface area contributed by atoms with Crippen LogP contribution >= 0.6 is 0 Å². The van der Waals surface area contributed by atoms with Crippen LogP contribution < -0.4 is 9.80 Å². The van der Waals surface area contributed by atoms with Gasteiger partial charge in [0.1, 0.15) is 12.1 Å². The standard InChI is InChI=1S/C18H22N6O/c1-18(2,3)16-21-22-17(25-16)24-10-8-23(9-11-24)15-13-6-4-5-7-14(13)19-12-20-15/h4-7,12H,8-11H2,1-3H3. The van der Waals surface area contributed by atoms with Crippen LogP contribution in [0.4, 0.5) is 11.8 Å². The molecule has 0 atom stereocenters. The lowest BCUT2D eigenvalue weighted by molar-refractivity contribution is 0.389. The molecule has 3 heterocycles. The molecule has 130 valence electrons. The van der Waals surface area contributed by atoms with Crippen LogP contribution in [0, 0.1) is 0 Å². The molecular weight excluding hydrogens is 316 g/mol. The number of benzene rings is 1. The third-order valence-electron chi connectivity index (χ3n) is 4.43. The highest BCUT2D eigenvalue weighted by atomic mass is 16.4. The van der Waals surface area contributed by atoms with Gasteiger partial charge in [-0.25, -0.2) is 9.97 Å². The molecule has 0 unspecified atom stereocenters. The highest BCUT2D eigenvalue weighted by Crippen LogP contribution is 2.26. The third kappa shape index (κ3) is 3.01. The van der Waals surface area contributed by atoms with Crippen LogP contribution in [0.25, 0.3) is 10.9 Å². The minimum Gasteiger partial charge on any atom is -0.407 e. The summed E-state index contributed by atoms with van der Waals surface area (Å²) in [5.74, 6) is 1.66. The minimum absolute atomic E-state index is 0.132. The molecule has 2 aromatic heterocycles.